The second-order valence-electron chi connectivity index (χ2n) is 5.63. The highest BCUT2D eigenvalue weighted by Gasteiger charge is 2.16. The van der Waals surface area contributed by atoms with E-state index in [2.05, 4.69) is 4.98 Å². The van der Waals surface area contributed by atoms with Crippen molar-refractivity contribution in [3.8, 4) is 22.8 Å². The molecule has 0 spiro atoms. The van der Waals surface area contributed by atoms with Crippen LogP contribution in [-0.2, 0) is 6.42 Å². The first kappa shape index (κ1) is 16.8. The zero-order chi connectivity index (χ0) is 18.0. The Labute approximate surface area is 145 Å². The first-order valence-electron chi connectivity index (χ1n) is 7.96. The van der Waals surface area contributed by atoms with Gasteiger partial charge in [-0.2, -0.15) is 0 Å². The topological polar surface area (TPSA) is 68.7 Å². The fourth-order valence-corrected chi connectivity index (χ4v) is 2.82. The van der Waals surface area contributed by atoms with Crippen molar-refractivity contribution in [1.82, 2.24) is 4.98 Å². The fraction of sp³-hybridized carbons (Fsp3) is 0.200. The quantitative estimate of drug-likeness (QED) is 0.756. The summed E-state index contributed by atoms with van der Waals surface area (Å²) >= 11 is 0. The highest BCUT2D eigenvalue weighted by molar-refractivity contribution is 6.04. The third-order valence-corrected chi connectivity index (χ3v) is 4.19. The van der Waals surface area contributed by atoms with Crippen molar-refractivity contribution >= 4 is 16.9 Å². The highest BCUT2D eigenvalue weighted by atomic mass is 16.5. The van der Waals surface area contributed by atoms with Crippen molar-refractivity contribution in [1.29, 1.82) is 0 Å². The van der Waals surface area contributed by atoms with Crippen molar-refractivity contribution in [3.05, 3.63) is 53.6 Å². The number of ether oxygens (including phenoxy) is 2. The molecule has 5 nitrogen and oxygen atoms in total. The van der Waals surface area contributed by atoms with Crippen LogP contribution in [0.15, 0.2) is 42.5 Å². The number of aromatic nitrogens is 1. The summed E-state index contributed by atoms with van der Waals surface area (Å²) < 4.78 is 10.7. The summed E-state index contributed by atoms with van der Waals surface area (Å²) in [5.74, 6) is 0.272. The predicted octanol–water partition coefficient (Wildman–Crippen LogP) is 4.18. The van der Waals surface area contributed by atoms with Gasteiger partial charge in [0.2, 0.25) is 0 Å². The first-order valence-corrected chi connectivity index (χ1v) is 7.96. The van der Waals surface area contributed by atoms with Crippen molar-refractivity contribution < 1.29 is 19.4 Å². The molecule has 0 radical (unpaired) electrons. The Kier molecular flexibility index (Phi) is 4.57. The van der Waals surface area contributed by atoms with Crippen molar-refractivity contribution in [3.63, 3.8) is 0 Å². The van der Waals surface area contributed by atoms with Crippen LogP contribution in [-0.4, -0.2) is 30.3 Å². The third kappa shape index (κ3) is 3.13. The summed E-state index contributed by atoms with van der Waals surface area (Å²) in [5.41, 5.74) is 3.15. The SMILES string of the molecule is CCc1ccc2nc(-c3cc(OC)ccc3OC)cc(C(=O)O)c2c1. The first-order chi connectivity index (χ1) is 12.1. The molecule has 0 aliphatic rings. The Morgan fingerprint density at radius 2 is 1.88 bits per heavy atom. The number of fused-ring (bicyclic) bond motifs is 1. The summed E-state index contributed by atoms with van der Waals surface area (Å²) in [6.07, 6.45) is 0.834. The third-order valence-electron chi connectivity index (χ3n) is 4.19. The van der Waals surface area contributed by atoms with Gasteiger partial charge in [0.05, 0.1) is 31.0 Å². The van der Waals surface area contributed by atoms with E-state index in [4.69, 9.17) is 9.47 Å². The average molecular weight is 337 g/mol. The van der Waals surface area contributed by atoms with E-state index in [0.29, 0.717) is 33.7 Å². The monoisotopic (exact) mass is 337 g/mol. The molecular formula is C20H19NO4. The number of pyridine rings is 1. The van der Waals surface area contributed by atoms with E-state index in [9.17, 15) is 9.90 Å². The maximum Gasteiger partial charge on any atom is 0.336 e. The van der Waals surface area contributed by atoms with Crippen LogP contribution in [0.5, 0.6) is 11.5 Å². The van der Waals surface area contributed by atoms with E-state index in [1.165, 1.54) is 0 Å². The van der Waals surface area contributed by atoms with Crippen LogP contribution in [0.2, 0.25) is 0 Å². The van der Waals surface area contributed by atoms with E-state index >= 15 is 0 Å². The minimum absolute atomic E-state index is 0.222. The molecule has 128 valence electrons. The van der Waals surface area contributed by atoms with E-state index in [-0.39, 0.29) is 5.56 Å². The molecule has 0 amide bonds. The fourth-order valence-electron chi connectivity index (χ4n) is 2.82. The number of benzene rings is 2. The molecule has 0 aliphatic heterocycles. The molecule has 3 aromatic rings. The molecule has 1 N–H and O–H groups in total. The second kappa shape index (κ2) is 6.81. The van der Waals surface area contributed by atoms with Crippen molar-refractivity contribution in [2.24, 2.45) is 0 Å². The van der Waals surface area contributed by atoms with Gasteiger partial charge >= 0.3 is 5.97 Å². The molecule has 0 saturated heterocycles. The van der Waals surface area contributed by atoms with E-state index in [1.807, 2.05) is 25.1 Å². The molecule has 1 heterocycles. The maximum absolute atomic E-state index is 11.8. The molecule has 0 saturated carbocycles. The van der Waals surface area contributed by atoms with Crippen LogP contribution in [0.25, 0.3) is 22.2 Å². The highest BCUT2D eigenvalue weighted by Crippen LogP contribution is 2.34. The van der Waals surface area contributed by atoms with Crippen molar-refractivity contribution in [2.75, 3.05) is 14.2 Å². The van der Waals surface area contributed by atoms with E-state index in [1.54, 1.807) is 38.5 Å². The molecule has 5 heteroatoms. The molecular weight excluding hydrogens is 318 g/mol. The number of aromatic carboxylic acids is 1. The molecule has 0 unspecified atom stereocenters. The number of carboxylic acid groups (broad SMARTS) is 1. The van der Waals surface area contributed by atoms with Crippen molar-refractivity contribution in [2.45, 2.75) is 13.3 Å². The lowest BCUT2D eigenvalue weighted by Crippen LogP contribution is -2.01. The summed E-state index contributed by atoms with van der Waals surface area (Å²) in [5, 5.41) is 10.3. The summed E-state index contributed by atoms with van der Waals surface area (Å²) in [4.78, 5) is 16.4. The van der Waals surface area contributed by atoms with Gasteiger partial charge in [-0.1, -0.05) is 13.0 Å². The number of nitrogens with zero attached hydrogens (tertiary/aromatic N) is 1. The number of carboxylic acids is 1. The normalized spacial score (nSPS) is 10.7. The van der Waals surface area contributed by atoms with Crippen LogP contribution in [0.4, 0.5) is 0 Å². The number of aryl methyl sites for hydroxylation is 1. The van der Waals surface area contributed by atoms with Crippen LogP contribution in [0.3, 0.4) is 0 Å². The molecule has 3 rings (SSSR count). The van der Waals surface area contributed by atoms with Gasteiger partial charge < -0.3 is 14.6 Å². The number of hydrogen-bond acceptors (Lipinski definition) is 4. The van der Waals surface area contributed by atoms with E-state index in [0.717, 1.165) is 12.0 Å². The lowest BCUT2D eigenvalue weighted by Gasteiger charge is -2.12. The Morgan fingerprint density at radius 1 is 1.08 bits per heavy atom. The number of rotatable bonds is 5. The number of hydrogen-bond donors (Lipinski definition) is 1. The van der Waals surface area contributed by atoms with Crippen LogP contribution >= 0.6 is 0 Å². The summed E-state index contributed by atoms with van der Waals surface area (Å²) in [6.45, 7) is 2.03. The molecule has 1 aromatic heterocycles. The maximum atomic E-state index is 11.8. The zero-order valence-electron chi connectivity index (χ0n) is 14.4. The van der Waals surface area contributed by atoms with Gasteiger partial charge in [0, 0.05) is 10.9 Å². The smallest absolute Gasteiger partial charge is 0.336 e. The standard InChI is InChI=1S/C20H19NO4/c1-4-12-5-7-17-14(9-12)15(20(22)23)11-18(21-17)16-10-13(24-2)6-8-19(16)25-3/h5-11H,4H2,1-3H3,(H,22,23). The van der Waals surface area contributed by atoms with Gasteiger partial charge in [0.25, 0.3) is 0 Å². The minimum atomic E-state index is -0.983. The molecule has 0 bridgehead atoms. The van der Waals surface area contributed by atoms with E-state index < -0.39 is 5.97 Å². The molecule has 2 aromatic carbocycles. The van der Waals surface area contributed by atoms with Crippen LogP contribution in [0, 0.1) is 0 Å². The Hall–Kier alpha value is -3.08. The molecule has 25 heavy (non-hydrogen) atoms. The molecule has 0 aliphatic carbocycles. The lowest BCUT2D eigenvalue weighted by molar-refractivity contribution is 0.0699. The van der Waals surface area contributed by atoms with Crippen LogP contribution in [0.1, 0.15) is 22.8 Å². The molecule has 0 atom stereocenters. The number of carbonyl (C=O) groups is 1. The van der Waals surface area contributed by atoms with Gasteiger partial charge in [-0.3, -0.25) is 0 Å². The minimum Gasteiger partial charge on any atom is -0.497 e. The lowest BCUT2D eigenvalue weighted by atomic mass is 10.0. The average Bonchev–Trinajstić information content (AvgIpc) is 2.65. The van der Waals surface area contributed by atoms with Gasteiger partial charge in [-0.25, -0.2) is 9.78 Å². The van der Waals surface area contributed by atoms with Gasteiger partial charge in [-0.05, 0) is 48.4 Å². The zero-order valence-corrected chi connectivity index (χ0v) is 14.4. The molecule has 0 fully saturated rings. The Bertz CT molecular complexity index is 950. The predicted molar refractivity (Wildman–Crippen MR) is 96.6 cm³/mol. The number of methoxy groups -OCH3 is 2. The van der Waals surface area contributed by atoms with Gasteiger partial charge in [0.1, 0.15) is 11.5 Å². The summed E-state index contributed by atoms with van der Waals surface area (Å²) in [6, 6.07) is 12.7. The summed E-state index contributed by atoms with van der Waals surface area (Å²) in [7, 11) is 3.15. The Morgan fingerprint density at radius 3 is 2.52 bits per heavy atom. The van der Waals surface area contributed by atoms with Gasteiger partial charge in [-0.15, -0.1) is 0 Å². The Balaban J connectivity index is 2.29. The largest absolute Gasteiger partial charge is 0.497 e. The second-order valence-corrected chi connectivity index (χ2v) is 5.63. The van der Waals surface area contributed by atoms with Gasteiger partial charge in [0.15, 0.2) is 0 Å². The van der Waals surface area contributed by atoms with Crippen LogP contribution < -0.4 is 9.47 Å².